The van der Waals surface area contributed by atoms with Crippen LogP contribution in [-0.2, 0) is 137 Å². The molecule has 0 bridgehead atoms. The highest BCUT2D eigenvalue weighted by Gasteiger charge is 2.41. The van der Waals surface area contributed by atoms with Crippen molar-refractivity contribution in [2.75, 3.05) is 26.2 Å². The molecule has 50 heteroatoms. The number of primary amides is 1. The third kappa shape index (κ3) is 56.6. The van der Waals surface area contributed by atoms with E-state index in [0.717, 1.165) is 6.92 Å². The maximum absolute atomic E-state index is 14.8. The number of amides is 15. The van der Waals surface area contributed by atoms with Crippen molar-refractivity contribution in [3.05, 3.63) is 64.5 Å². The quantitative estimate of drug-likeness (QED) is 0.00757. The Bertz CT molecular complexity index is 4950. The van der Waals surface area contributed by atoms with Crippen molar-refractivity contribution < 1.29 is 160 Å². The molecule has 2 aromatic rings. The zero-order valence-corrected chi connectivity index (χ0v) is 90.1. The first-order valence-corrected chi connectivity index (χ1v) is 51.1. The maximum Gasteiger partial charge on any atom is 0.524 e. The van der Waals surface area contributed by atoms with Crippen LogP contribution in [0.3, 0.4) is 0 Å². The fraction of sp³-hybridized carbons (Fsp3) is 0.677. The molecular formula is C99H155F5N15O29P. The second-order valence-electron chi connectivity index (χ2n) is 41.9. The lowest BCUT2D eigenvalue weighted by atomic mass is 9.96. The molecule has 0 unspecified atom stereocenters. The monoisotopic (exact) mass is 2140 g/mol. The molecule has 0 aliphatic rings. The van der Waals surface area contributed by atoms with Gasteiger partial charge in [0.05, 0.1) is 0 Å². The molecule has 149 heavy (non-hydrogen) atoms. The Hall–Kier alpha value is -12.6. The lowest BCUT2D eigenvalue weighted by molar-refractivity contribution is -0.156. The molecule has 0 spiro atoms. The molecule has 0 heterocycles. The number of rotatable bonds is 63. The molecule has 0 saturated carbocycles. The summed E-state index contributed by atoms with van der Waals surface area (Å²) < 4.78 is 115. The van der Waals surface area contributed by atoms with Gasteiger partial charge >= 0.3 is 37.7 Å². The average molecular weight is 2150 g/mol. The van der Waals surface area contributed by atoms with Gasteiger partial charge in [0.25, 0.3) is 0 Å². The van der Waals surface area contributed by atoms with E-state index in [0.29, 0.717) is 5.56 Å². The number of nitrogens with one attached hydrogen (secondary N) is 14. The molecule has 44 nitrogen and oxygen atoms in total. The van der Waals surface area contributed by atoms with Crippen LogP contribution in [0, 0.1) is 46.8 Å². The highest BCUT2D eigenvalue weighted by molar-refractivity contribution is 7.46. The van der Waals surface area contributed by atoms with Gasteiger partial charge in [0.2, 0.25) is 94.4 Å². The minimum atomic E-state index is -4.96. The minimum absolute atomic E-state index is 0.000554. The van der Waals surface area contributed by atoms with Gasteiger partial charge in [-0.2, -0.15) is 0 Å². The zero-order valence-electron chi connectivity index (χ0n) is 89.2. The Kier molecular flexibility index (Phi) is 55.8. The van der Waals surface area contributed by atoms with Crippen molar-refractivity contribution in [2.24, 2.45) is 23.5 Å². The van der Waals surface area contributed by atoms with Crippen LogP contribution in [0.1, 0.15) is 298 Å². The van der Waals surface area contributed by atoms with Gasteiger partial charge in [-0.3, -0.25) is 106 Å². The Morgan fingerprint density at radius 3 is 0.919 bits per heavy atom. The summed E-state index contributed by atoms with van der Waals surface area (Å²) in [4.78, 5) is 292. The lowest BCUT2D eigenvalue weighted by Gasteiger charge is -2.29. The second kappa shape index (κ2) is 62.8. The van der Waals surface area contributed by atoms with Crippen LogP contribution in [-0.4, -0.2) is 243 Å². The minimum Gasteiger partial charge on any atom is -0.460 e. The molecule has 2 aromatic carbocycles. The van der Waals surface area contributed by atoms with Gasteiger partial charge < -0.3 is 108 Å². The highest BCUT2D eigenvalue weighted by atomic mass is 31.2. The number of hydrogen-bond donors (Lipinski definition) is 17. The zero-order chi connectivity index (χ0) is 114. The van der Waals surface area contributed by atoms with Crippen LogP contribution in [0.25, 0.3) is 0 Å². The number of carbonyl (C=O) groups is 20. The van der Waals surface area contributed by atoms with Crippen LogP contribution >= 0.6 is 7.82 Å². The van der Waals surface area contributed by atoms with E-state index in [4.69, 9.17) is 29.4 Å². The third-order valence-electron chi connectivity index (χ3n) is 21.2. The summed E-state index contributed by atoms with van der Waals surface area (Å²) in [5.74, 6) is -31.0. The van der Waals surface area contributed by atoms with Gasteiger partial charge in [0, 0.05) is 109 Å². The molecular weight excluding hydrogens is 1990 g/mol. The van der Waals surface area contributed by atoms with Crippen molar-refractivity contribution in [3.8, 4) is 5.75 Å². The Balaban J connectivity index is 2.22. The molecule has 11 atom stereocenters. The van der Waals surface area contributed by atoms with Crippen LogP contribution in [0.15, 0.2) is 24.3 Å². The van der Waals surface area contributed by atoms with Gasteiger partial charge in [-0.05, 0) is 210 Å². The van der Waals surface area contributed by atoms with Crippen molar-refractivity contribution in [3.63, 3.8) is 0 Å². The van der Waals surface area contributed by atoms with Crippen molar-refractivity contribution >= 4 is 126 Å². The molecule has 18 N–H and O–H groups in total. The number of ether oxygens (including phenoxy) is 5. The molecule has 840 valence electrons. The molecule has 15 amide bonds. The Morgan fingerprint density at radius 2 is 0.611 bits per heavy atom. The summed E-state index contributed by atoms with van der Waals surface area (Å²) in [6.07, 6.45) is -6.53. The number of benzene rings is 2. The normalized spacial score (nSPS) is 14.0. The van der Waals surface area contributed by atoms with Crippen LogP contribution < -0.4 is 84.7 Å². The van der Waals surface area contributed by atoms with E-state index in [1.54, 1.807) is 145 Å². The smallest absolute Gasteiger partial charge is 0.460 e. The predicted octanol–water partition coefficient (Wildman–Crippen LogP) is 5.33. The fourth-order valence-corrected chi connectivity index (χ4v) is 14.6. The summed E-state index contributed by atoms with van der Waals surface area (Å²) in [5.41, 5.74) is -0.711. The molecule has 0 aromatic heterocycles. The average Bonchev–Trinajstić information content (AvgIpc) is 0.780. The van der Waals surface area contributed by atoms with Gasteiger partial charge in [-0.25, -0.2) is 26.5 Å². The first kappa shape index (κ1) is 132. The standard InChI is InChI=1S/C99H155F5N15O29P/c1-23-56(6)84(119-90(135)65(40-45-78(129)147-99(20,21)22)113-88(133)63(38-43-76(127)145-97(14,15)16)114-93(138)69(110-57(7)120)52-58-32-34-59(35-33-58)148-149(140,141)142)94(139)115-61(36-41-74(125)143-95(8,9)10)86(131)109-49-26-30-72(123)107-47-24-28-70(121)106-46-25-29-71(122)108-48-27-31-73(124)111-62(37-42-75(126)144-96(11,12)13)87(132)112-64(39-44-77(128)146-98(17,18)19)89(134)117-68(51-55(4)5)92(137)118-67(50-54(2)3)91(136)116-66(85(105)130)53-60-79(100)81(102)83(104)82(103)80(60)101/h32-35,54-56,61-69,84H,23-31,36-53H2,1-22H3,(H2,105,130)(H,106,121)(H,107,123)(H,108,122)(H,109,131)(H,110,120)(H,111,124)(H,112,132)(H,113,133)(H,114,138)(H,115,139)(H,116,136)(H,117,134)(H,118,137)(H,119,135)(H2,140,141,142)/t56-,61-,62-,63-,64-,65-,66-,67-,68-,69-,84-/m0/s1. The molecule has 0 fully saturated rings. The molecule has 0 radical (unpaired) electrons. The number of phosphoric acid groups is 1. The summed E-state index contributed by atoms with van der Waals surface area (Å²) in [7, 11) is -4.96. The van der Waals surface area contributed by atoms with Gasteiger partial charge in [-0.1, -0.05) is 60.1 Å². The Morgan fingerprint density at radius 1 is 0.336 bits per heavy atom. The lowest BCUT2D eigenvalue weighted by Crippen LogP contribution is -2.60. The van der Waals surface area contributed by atoms with Gasteiger partial charge in [0.1, 0.15) is 94.2 Å². The number of nitrogens with two attached hydrogens (primary N) is 1. The van der Waals surface area contributed by atoms with E-state index in [2.05, 4.69) is 79.0 Å². The molecule has 0 saturated heterocycles. The number of phosphoric ester groups is 1. The Labute approximate surface area is 865 Å². The van der Waals surface area contributed by atoms with E-state index < -0.39 is 331 Å². The van der Waals surface area contributed by atoms with Gasteiger partial charge in [-0.15, -0.1) is 0 Å². The topological polar surface area (TPSA) is 649 Å². The predicted molar refractivity (Wildman–Crippen MR) is 530 cm³/mol. The van der Waals surface area contributed by atoms with Gasteiger partial charge in [0.15, 0.2) is 23.3 Å². The van der Waals surface area contributed by atoms with E-state index in [1.165, 1.54) is 24.3 Å². The van der Waals surface area contributed by atoms with Crippen LogP contribution in [0.4, 0.5) is 22.0 Å². The van der Waals surface area contributed by atoms with Crippen molar-refractivity contribution in [1.29, 1.82) is 0 Å². The number of esters is 5. The van der Waals surface area contributed by atoms with E-state index >= 15 is 0 Å². The number of halogens is 5. The summed E-state index contributed by atoms with van der Waals surface area (Å²) >= 11 is 0. The maximum atomic E-state index is 14.8. The van der Waals surface area contributed by atoms with Crippen molar-refractivity contribution in [1.82, 2.24) is 74.4 Å². The third-order valence-corrected chi connectivity index (χ3v) is 21.6. The van der Waals surface area contributed by atoms with E-state index in [-0.39, 0.29) is 115 Å². The summed E-state index contributed by atoms with van der Waals surface area (Å²) in [6, 6.07) is -11.3. The van der Waals surface area contributed by atoms with E-state index in [9.17, 15) is 132 Å². The first-order chi connectivity index (χ1) is 68.7. The summed E-state index contributed by atoms with van der Waals surface area (Å²) in [5, 5.41) is 35.6. The van der Waals surface area contributed by atoms with E-state index in [1.807, 2.05) is 0 Å². The van der Waals surface area contributed by atoms with Crippen LogP contribution in [0.2, 0.25) is 0 Å². The van der Waals surface area contributed by atoms with Crippen molar-refractivity contribution in [2.45, 2.75) is 388 Å². The fourth-order valence-electron chi connectivity index (χ4n) is 14.2. The number of hydrogen-bond acceptors (Lipinski definition) is 27. The first-order valence-electron chi connectivity index (χ1n) is 49.6. The molecule has 0 aliphatic carbocycles. The van der Waals surface area contributed by atoms with Crippen LogP contribution in [0.5, 0.6) is 5.75 Å². The second-order valence-corrected chi connectivity index (χ2v) is 43.1. The highest BCUT2D eigenvalue weighted by Crippen LogP contribution is 2.38. The largest absolute Gasteiger partial charge is 0.524 e. The molecule has 2 rings (SSSR count). The summed E-state index contributed by atoms with van der Waals surface area (Å²) in [6.45, 7) is 34.7. The number of carbonyl (C=O) groups excluding carboxylic acids is 20. The SMILES string of the molecule is CC[C@H](C)[C@H](NC(=O)[C@H](CCC(=O)OC(C)(C)C)NC(=O)[C@H](CCC(=O)OC(C)(C)C)NC(=O)[C@H](Cc1ccc(OP(=O)(O)O)cc1)NC(C)=O)C(=O)N[C@@H](CCC(=O)OC(C)(C)C)C(=O)NCCCC(=O)NCCCC(=O)NCCCC(=O)NCCCC(=O)N[C@@H](CCC(=O)OC(C)(C)C)C(=O)N[C@@H](CCC(=O)OC(C)(C)C)C(=O)N[C@@H](CC(C)C)C(=O)N[C@@H](CC(C)C)C(=O)N[C@@H](Cc1c(F)c(F)c(F)c(F)c1F)C(N)=O. The molecule has 0 aliphatic heterocycles.